The molecule has 11 heavy (non-hydrogen) atoms. The summed E-state index contributed by atoms with van der Waals surface area (Å²) < 4.78 is 0. The summed E-state index contributed by atoms with van der Waals surface area (Å²) in [5.74, 6) is 5.14. The number of allylic oxidation sites excluding steroid dienone is 3. The predicted octanol–water partition coefficient (Wildman–Crippen LogP) is 0.990. The zero-order valence-electron chi connectivity index (χ0n) is 7.07. The lowest BCUT2D eigenvalue weighted by Gasteiger charge is -2.05. The molecule has 0 amide bonds. The van der Waals surface area contributed by atoms with Crippen molar-refractivity contribution < 1.29 is 0 Å². The first-order chi connectivity index (χ1) is 5.06. The zero-order valence-corrected chi connectivity index (χ0v) is 7.07. The van der Waals surface area contributed by atoms with Crippen molar-refractivity contribution in [3.8, 4) is 0 Å². The minimum Gasteiger partial charge on any atom is -0.360 e. The van der Waals surface area contributed by atoms with Crippen LogP contribution in [0.2, 0.25) is 0 Å². The maximum absolute atomic E-state index is 5.14. The Morgan fingerprint density at radius 2 is 1.91 bits per heavy atom. The van der Waals surface area contributed by atoms with Gasteiger partial charge >= 0.3 is 0 Å². The molecule has 0 aromatic carbocycles. The molecule has 0 fully saturated rings. The van der Waals surface area contributed by atoms with Crippen molar-refractivity contribution in [1.82, 2.24) is 10.7 Å². The summed E-state index contributed by atoms with van der Waals surface area (Å²) in [5.41, 5.74) is 4.98. The van der Waals surface area contributed by atoms with Crippen LogP contribution in [0, 0.1) is 0 Å². The quantitative estimate of drug-likeness (QED) is 0.321. The topological polar surface area (TPSA) is 50.1 Å². The highest BCUT2D eigenvalue weighted by molar-refractivity contribution is 5.19. The largest absolute Gasteiger partial charge is 0.360 e. The van der Waals surface area contributed by atoms with Gasteiger partial charge in [0.15, 0.2) is 0 Å². The second-order valence-electron chi connectivity index (χ2n) is 2.40. The van der Waals surface area contributed by atoms with Crippen LogP contribution in [0.25, 0.3) is 0 Å². The van der Waals surface area contributed by atoms with Crippen molar-refractivity contribution in [3.05, 3.63) is 36.3 Å². The van der Waals surface area contributed by atoms with E-state index in [1.54, 1.807) is 6.08 Å². The smallest absolute Gasteiger partial charge is 0.0326 e. The van der Waals surface area contributed by atoms with Crippen LogP contribution in [0.4, 0.5) is 0 Å². The minimum atomic E-state index is 0.771. The molecule has 0 spiro atoms. The molecule has 0 heterocycles. The molecule has 0 aromatic heterocycles. The molecule has 0 aromatic rings. The summed E-state index contributed by atoms with van der Waals surface area (Å²) in [5, 5.41) is 2.95. The van der Waals surface area contributed by atoms with Crippen LogP contribution in [-0.4, -0.2) is 0 Å². The van der Waals surface area contributed by atoms with Gasteiger partial charge in [-0.05, 0) is 19.9 Å². The Labute approximate surface area is 67.6 Å². The summed E-state index contributed by atoms with van der Waals surface area (Å²) >= 11 is 0. The first kappa shape index (κ1) is 9.78. The predicted molar refractivity (Wildman–Crippen MR) is 48.2 cm³/mol. The standard InChI is InChI=1S/C8H15N3/c1-6(2)10-7(3)5-8(4)11-9/h5,10-11H,1,3,9H2,2,4H3/b8-5-. The van der Waals surface area contributed by atoms with Gasteiger partial charge in [0.2, 0.25) is 0 Å². The number of nitrogens with one attached hydrogen (secondary N) is 2. The fourth-order valence-corrected chi connectivity index (χ4v) is 0.613. The van der Waals surface area contributed by atoms with Crippen LogP contribution in [0.15, 0.2) is 36.3 Å². The van der Waals surface area contributed by atoms with Crippen molar-refractivity contribution in [2.24, 2.45) is 5.84 Å². The average Bonchev–Trinajstić information content (AvgIpc) is 1.85. The molecule has 0 bridgehead atoms. The third kappa shape index (κ3) is 5.24. The summed E-state index contributed by atoms with van der Waals surface area (Å²) in [4.78, 5) is 0. The van der Waals surface area contributed by atoms with Gasteiger partial charge in [0, 0.05) is 17.1 Å². The lowest BCUT2D eigenvalue weighted by Crippen LogP contribution is -2.20. The summed E-state index contributed by atoms with van der Waals surface area (Å²) in [6.45, 7) is 11.1. The number of hydrazine groups is 1. The monoisotopic (exact) mass is 153 g/mol. The third-order valence-electron chi connectivity index (χ3n) is 0.992. The normalized spacial score (nSPS) is 10.6. The second-order valence-corrected chi connectivity index (χ2v) is 2.40. The van der Waals surface area contributed by atoms with Gasteiger partial charge in [0.25, 0.3) is 0 Å². The van der Waals surface area contributed by atoms with E-state index in [4.69, 9.17) is 5.84 Å². The molecule has 0 radical (unpaired) electrons. The van der Waals surface area contributed by atoms with E-state index in [0.717, 1.165) is 17.1 Å². The van der Waals surface area contributed by atoms with E-state index in [9.17, 15) is 0 Å². The van der Waals surface area contributed by atoms with E-state index >= 15 is 0 Å². The minimum absolute atomic E-state index is 0.771. The highest BCUT2D eigenvalue weighted by atomic mass is 15.2. The molecule has 0 aliphatic carbocycles. The van der Waals surface area contributed by atoms with Gasteiger partial charge in [-0.15, -0.1) is 0 Å². The number of rotatable bonds is 4. The van der Waals surface area contributed by atoms with Gasteiger partial charge < -0.3 is 10.7 Å². The summed E-state index contributed by atoms with van der Waals surface area (Å²) in [6.07, 6.45) is 1.80. The van der Waals surface area contributed by atoms with Crippen molar-refractivity contribution in [1.29, 1.82) is 0 Å². The number of nitrogens with two attached hydrogens (primary N) is 1. The Morgan fingerprint density at radius 3 is 2.27 bits per heavy atom. The van der Waals surface area contributed by atoms with Crippen molar-refractivity contribution in [3.63, 3.8) is 0 Å². The molecule has 0 rings (SSSR count). The Kier molecular flexibility index (Phi) is 4.07. The van der Waals surface area contributed by atoms with Crippen LogP contribution >= 0.6 is 0 Å². The Bertz CT molecular complexity index is 192. The van der Waals surface area contributed by atoms with Gasteiger partial charge in [0.1, 0.15) is 0 Å². The molecule has 0 saturated carbocycles. The molecule has 62 valence electrons. The molecular weight excluding hydrogens is 138 g/mol. The first-order valence-electron chi connectivity index (χ1n) is 3.32. The molecule has 0 unspecified atom stereocenters. The Morgan fingerprint density at radius 1 is 1.36 bits per heavy atom. The summed E-state index contributed by atoms with van der Waals surface area (Å²) in [7, 11) is 0. The van der Waals surface area contributed by atoms with Crippen molar-refractivity contribution in [2.75, 3.05) is 0 Å². The van der Waals surface area contributed by atoms with Gasteiger partial charge in [-0.2, -0.15) is 0 Å². The molecule has 0 saturated heterocycles. The molecule has 0 atom stereocenters. The van der Waals surface area contributed by atoms with Crippen LogP contribution in [0.1, 0.15) is 13.8 Å². The van der Waals surface area contributed by atoms with E-state index in [-0.39, 0.29) is 0 Å². The fraction of sp³-hybridized carbons (Fsp3) is 0.250. The molecular formula is C8H15N3. The van der Waals surface area contributed by atoms with Crippen molar-refractivity contribution >= 4 is 0 Å². The van der Waals surface area contributed by atoms with E-state index in [1.807, 2.05) is 13.8 Å². The Balaban J connectivity index is 3.96. The molecule has 4 N–H and O–H groups in total. The Hall–Kier alpha value is -1.22. The lowest BCUT2D eigenvalue weighted by molar-refractivity contribution is 0.876. The van der Waals surface area contributed by atoms with Crippen LogP contribution in [-0.2, 0) is 0 Å². The highest BCUT2D eigenvalue weighted by Crippen LogP contribution is 1.94. The molecule has 3 heteroatoms. The zero-order chi connectivity index (χ0) is 8.85. The highest BCUT2D eigenvalue weighted by Gasteiger charge is 1.88. The molecule has 3 nitrogen and oxygen atoms in total. The van der Waals surface area contributed by atoms with Crippen molar-refractivity contribution in [2.45, 2.75) is 13.8 Å². The van der Waals surface area contributed by atoms with E-state index in [2.05, 4.69) is 23.9 Å². The first-order valence-corrected chi connectivity index (χ1v) is 3.32. The molecule has 0 aliphatic rings. The lowest BCUT2D eigenvalue weighted by atomic mass is 10.3. The molecule has 0 aliphatic heterocycles. The summed E-state index contributed by atoms with van der Waals surface area (Å²) in [6, 6.07) is 0. The van der Waals surface area contributed by atoms with Gasteiger partial charge in [-0.25, -0.2) is 0 Å². The van der Waals surface area contributed by atoms with Crippen LogP contribution in [0.5, 0.6) is 0 Å². The van der Waals surface area contributed by atoms with Gasteiger partial charge in [0.05, 0.1) is 0 Å². The van der Waals surface area contributed by atoms with Crippen LogP contribution < -0.4 is 16.6 Å². The SMILES string of the molecule is C=C(C)NC(=C)/C=C(/C)NN. The van der Waals surface area contributed by atoms with E-state index in [1.165, 1.54) is 0 Å². The van der Waals surface area contributed by atoms with Crippen LogP contribution in [0.3, 0.4) is 0 Å². The average molecular weight is 153 g/mol. The van der Waals surface area contributed by atoms with Gasteiger partial charge in [-0.3, -0.25) is 5.84 Å². The number of hydrogen-bond acceptors (Lipinski definition) is 3. The van der Waals surface area contributed by atoms with E-state index < -0.39 is 0 Å². The maximum Gasteiger partial charge on any atom is 0.0326 e. The fourth-order valence-electron chi connectivity index (χ4n) is 0.613. The van der Waals surface area contributed by atoms with E-state index in [0.29, 0.717) is 0 Å². The second kappa shape index (κ2) is 4.57. The van der Waals surface area contributed by atoms with Gasteiger partial charge in [-0.1, -0.05) is 13.2 Å². The third-order valence-corrected chi connectivity index (χ3v) is 0.992. The number of hydrogen-bond donors (Lipinski definition) is 3. The maximum atomic E-state index is 5.14.